The van der Waals surface area contributed by atoms with Crippen LogP contribution in [0.25, 0.3) is 0 Å². The number of nitrogens with two attached hydrogens (primary N) is 1. The number of oxime groups is 1. The van der Waals surface area contributed by atoms with E-state index in [1.807, 2.05) is 21.7 Å². The number of carbonyl (C=O) groups is 1. The van der Waals surface area contributed by atoms with Gasteiger partial charge in [0.25, 0.3) is 0 Å². The minimum atomic E-state index is -0.979. The number of thiophene rings is 1. The van der Waals surface area contributed by atoms with Crippen LogP contribution in [0.15, 0.2) is 22.0 Å². The summed E-state index contributed by atoms with van der Waals surface area (Å²) in [5.41, 5.74) is 5.78. The van der Waals surface area contributed by atoms with E-state index in [9.17, 15) is 4.79 Å². The minimum absolute atomic E-state index is 0.0477. The Kier molecular flexibility index (Phi) is 3.80. The van der Waals surface area contributed by atoms with Gasteiger partial charge in [-0.3, -0.25) is 4.79 Å². The standard InChI is InChI=1S/C13H19N3O2S/c1-13(2,11(14)15-18)12(17)16(10-3-4-10)7-9-5-6-19-8-9/h5-6,8,10,18H,3-4,7H2,1-2H3,(H2,14,15). The lowest BCUT2D eigenvalue weighted by atomic mass is 9.90. The predicted octanol–water partition coefficient (Wildman–Crippen LogP) is 2.01. The highest BCUT2D eigenvalue weighted by atomic mass is 32.1. The van der Waals surface area contributed by atoms with E-state index in [1.165, 1.54) is 0 Å². The zero-order valence-corrected chi connectivity index (χ0v) is 12.0. The first-order valence-electron chi connectivity index (χ1n) is 6.27. The summed E-state index contributed by atoms with van der Waals surface area (Å²) < 4.78 is 0. The van der Waals surface area contributed by atoms with Crippen molar-refractivity contribution in [3.05, 3.63) is 22.4 Å². The smallest absolute Gasteiger partial charge is 0.236 e. The largest absolute Gasteiger partial charge is 0.409 e. The fraction of sp³-hybridized carbons (Fsp3) is 0.538. The summed E-state index contributed by atoms with van der Waals surface area (Å²) in [6.45, 7) is 3.97. The lowest BCUT2D eigenvalue weighted by Gasteiger charge is -2.31. The molecule has 1 aliphatic carbocycles. The molecule has 1 amide bonds. The lowest BCUT2D eigenvalue weighted by molar-refractivity contribution is -0.138. The molecule has 3 N–H and O–H groups in total. The van der Waals surface area contributed by atoms with Gasteiger partial charge in [-0.05, 0) is 49.1 Å². The Morgan fingerprint density at radius 2 is 2.32 bits per heavy atom. The lowest BCUT2D eigenvalue weighted by Crippen LogP contribution is -2.48. The third-order valence-electron chi connectivity index (χ3n) is 3.46. The molecule has 1 fully saturated rings. The quantitative estimate of drug-likeness (QED) is 0.375. The Morgan fingerprint density at radius 3 is 2.79 bits per heavy atom. The molecule has 0 bridgehead atoms. The number of amides is 1. The van der Waals surface area contributed by atoms with Crippen LogP contribution in [0.2, 0.25) is 0 Å². The molecule has 1 aromatic rings. The molecule has 104 valence electrons. The Bertz CT molecular complexity index is 478. The van der Waals surface area contributed by atoms with Gasteiger partial charge in [-0.15, -0.1) is 0 Å². The zero-order chi connectivity index (χ0) is 14.0. The van der Waals surface area contributed by atoms with Gasteiger partial charge in [0, 0.05) is 12.6 Å². The summed E-state index contributed by atoms with van der Waals surface area (Å²) in [6.07, 6.45) is 2.06. The highest BCUT2D eigenvalue weighted by Gasteiger charge is 2.42. The molecule has 0 unspecified atom stereocenters. The zero-order valence-electron chi connectivity index (χ0n) is 11.2. The maximum atomic E-state index is 12.6. The van der Waals surface area contributed by atoms with Crippen molar-refractivity contribution in [1.82, 2.24) is 4.90 Å². The number of nitrogens with zero attached hydrogens (tertiary/aromatic N) is 2. The summed E-state index contributed by atoms with van der Waals surface area (Å²) in [5, 5.41) is 15.8. The van der Waals surface area contributed by atoms with Crippen LogP contribution in [0.3, 0.4) is 0 Å². The molecule has 5 nitrogen and oxygen atoms in total. The van der Waals surface area contributed by atoms with E-state index in [-0.39, 0.29) is 17.8 Å². The van der Waals surface area contributed by atoms with Gasteiger partial charge in [-0.1, -0.05) is 5.16 Å². The molecule has 2 rings (SSSR count). The van der Waals surface area contributed by atoms with E-state index < -0.39 is 5.41 Å². The maximum Gasteiger partial charge on any atom is 0.236 e. The van der Waals surface area contributed by atoms with Gasteiger partial charge in [0.05, 0.1) is 0 Å². The van der Waals surface area contributed by atoms with Gasteiger partial charge in [-0.2, -0.15) is 11.3 Å². The van der Waals surface area contributed by atoms with E-state index in [0.717, 1.165) is 18.4 Å². The fourth-order valence-corrected chi connectivity index (χ4v) is 2.59. The second kappa shape index (κ2) is 5.21. The van der Waals surface area contributed by atoms with Crippen LogP contribution in [0.4, 0.5) is 0 Å². The number of rotatable bonds is 5. The van der Waals surface area contributed by atoms with Crippen molar-refractivity contribution < 1.29 is 10.0 Å². The molecule has 1 saturated carbocycles. The number of hydrogen-bond acceptors (Lipinski definition) is 4. The fourth-order valence-electron chi connectivity index (χ4n) is 1.93. The van der Waals surface area contributed by atoms with Crippen LogP contribution >= 0.6 is 11.3 Å². The summed E-state index contributed by atoms with van der Waals surface area (Å²) >= 11 is 1.62. The second-order valence-corrected chi connectivity index (χ2v) is 6.19. The monoisotopic (exact) mass is 281 g/mol. The van der Waals surface area contributed by atoms with Gasteiger partial charge < -0.3 is 15.8 Å². The van der Waals surface area contributed by atoms with Crippen molar-refractivity contribution in [2.24, 2.45) is 16.3 Å². The van der Waals surface area contributed by atoms with Crippen molar-refractivity contribution >= 4 is 23.1 Å². The number of hydrogen-bond donors (Lipinski definition) is 2. The molecule has 0 aromatic carbocycles. The summed E-state index contributed by atoms with van der Waals surface area (Å²) in [4.78, 5) is 14.5. The molecular formula is C13H19N3O2S. The van der Waals surface area contributed by atoms with Gasteiger partial charge in [0.1, 0.15) is 5.41 Å². The molecule has 0 saturated heterocycles. The Labute approximate surface area is 116 Å². The van der Waals surface area contributed by atoms with Crippen molar-refractivity contribution in [2.75, 3.05) is 0 Å². The molecule has 1 heterocycles. The first-order valence-corrected chi connectivity index (χ1v) is 7.21. The maximum absolute atomic E-state index is 12.6. The summed E-state index contributed by atoms with van der Waals surface area (Å²) in [7, 11) is 0. The van der Waals surface area contributed by atoms with Gasteiger partial charge in [-0.25, -0.2) is 0 Å². The van der Waals surface area contributed by atoms with Crippen LogP contribution < -0.4 is 5.73 Å². The molecule has 1 aliphatic rings. The molecule has 0 aliphatic heterocycles. The number of amidine groups is 1. The van der Waals surface area contributed by atoms with E-state index in [4.69, 9.17) is 10.9 Å². The first kappa shape index (κ1) is 13.9. The second-order valence-electron chi connectivity index (χ2n) is 5.41. The SMILES string of the molecule is CC(C)(C(=O)N(Cc1ccsc1)C1CC1)C(N)=NO. The predicted molar refractivity (Wildman–Crippen MR) is 75.1 cm³/mol. The van der Waals surface area contributed by atoms with Gasteiger partial charge in [0.15, 0.2) is 5.84 Å². The van der Waals surface area contributed by atoms with Crippen molar-refractivity contribution in [1.29, 1.82) is 0 Å². The van der Waals surface area contributed by atoms with E-state index in [1.54, 1.807) is 25.2 Å². The normalized spacial score (nSPS) is 16.4. The Morgan fingerprint density at radius 1 is 1.63 bits per heavy atom. The van der Waals surface area contributed by atoms with Crippen molar-refractivity contribution in [2.45, 2.75) is 39.3 Å². The van der Waals surface area contributed by atoms with Crippen LogP contribution in [-0.2, 0) is 11.3 Å². The Hall–Kier alpha value is -1.56. The van der Waals surface area contributed by atoms with Crippen LogP contribution in [-0.4, -0.2) is 27.9 Å². The Balaban J connectivity index is 2.17. The molecular weight excluding hydrogens is 262 g/mol. The summed E-state index contributed by atoms with van der Waals surface area (Å²) in [5.74, 6) is -0.134. The highest BCUT2D eigenvalue weighted by molar-refractivity contribution is 7.07. The van der Waals surface area contributed by atoms with Gasteiger partial charge >= 0.3 is 0 Å². The summed E-state index contributed by atoms with van der Waals surface area (Å²) in [6, 6.07) is 2.31. The number of carbonyl (C=O) groups excluding carboxylic acids is 1. The van der Waals surface area contributed by atoms with Gasteiger partial charge in [0.2, 0.25) is 5.91 Å². The van der Waals surface area contributed by atoms with E-state index >= 15 is 0 Å². The van der Waals surface area contributed by atoms with Crippen molar-refractivity contribution in [3.63, 3.8) is 0 Å². The first-order chi connectivity index (χ1) is 8.96. The average molecular weight is 281 g/mol. The average Bonchev–Trinajstić information content (AvgIpc) is 3.11. The van der Waals surface area contributed by atoms with Crippen molar-refractivity contribution in [3.8, 4) is 0 Å². The third kappa shape index (κ3) is 2.89. The molecule has 1 aromatic heterocycles. The third-order valence-corrected chi connectivity index (χ3v) is 4.20. The van der Waals surface area contributed by atoms with Crippen LogP contribution in [0, 0.1) is 5.41 Å². The van der Waals surface area contributed by atoms with E-state index in [2.05, 4.69) is 5.16 Å². The molecule has 0 atom stereocenters. The molecule has 0 radical (unpaired) electrons. The van der Waals surface area contributed by atoms with Crippen LogP contribution in [0.1, 0.15) is 32.3 Å². The van der Waals surface area contributed by atoms with E-state index in [0.29, 0.717) is 6.54 Å². The highest BCUT2D eigenvalue weighted by Crippen LogP contribution is 2.33. The molecule has 19 heavy (non-hydrogen) atoms. The van der Waals surface area contributed by atoms with Crippen LogP contribution in [0.5, 0.6) is 0 Å². The minimum Gasteiger partial charge on any atom is -0.409 e. The molecule has 0 spiro atoms. The molecule has 6 heteroatoms. The topological polar surface area (TPSA) is 78.9 Å².